The topological polar surface area (TPSA) is 58.1 Å². The van der Waals surface area contributed by atoms with E-state index in [2.05, 4.69) is 21.8 Å². The van der Waals surface area contributed by atoms with Gasteiger partial charge in [0.1, 0.15) is 4.88 Å². The van der Waals surface area contributed by atoms with E-state index in [1.54, 1.807) is 0 Å². The SMILES string of the molecule is CCCc1nnsc1C(=O)N1C[C@H]2CNC[C@H]2C1. The summed E-state index contributed by atoms with van der Waals surface area (Å²) in [6.45, 7) is 5.98. The summed E-state index contributed by atoms with van der Waals surface area (Å²) in [5, 5.41) is 7.47. The highest BCUT2D eigenvalue weighted by Gasteiger charge is 2.39. The number of aryl methyl sites for hydroxylation is 1. The van der Waals surface area contributed by atoms with E-state index < -0.39 is 0 Å². The minimum absolute atomic E-state index is 0.142. The highest BCUT2D eigenvalue weighted by atomic mass is 32.1. The second kappa shape index (κ2) is 4.93. The first-order valence-corrected chi connectivity index (χ1v) is 7.38. The highest BCUT2D eigenvalue weighted by Crippen LogP contribution is 2.28. The highest BCUT2D eigenvalue weighted by molar-refractivity contribution is 7.08. The number of carbonyl (C=O) groups is 1. The van der Waals surface area contributed by atoms with Crippen molar-refractivity contribution >= 4 is 17.4 Å². The molecule has 0 aliphatic carbocycles. The maximum absolute atomic E-state index is 12.5. The number of carbonyl (C=O) groups excluding carboxylic acids is 1. The fourth-order valence-electron chi connectivity index (χ4n) is 2.94. The van der Waals surface area contributed by atoms with Crippen LogP contribution >= 0.6 is 11.5 Å². The van der Waals surface area contributed by atoms with E-state index >= 15 is 0 Å². The Morgan fingerprint density at radius 2 is 2.17 bits per heavy atom. The summed E-state index contributed by atoms with van der Waals surface area (Å²) in [5.74, 6) is 1.43. The zero-order valence-corrected chi connectivity index (χ0v) is 11.4. The van der Waals surface area contributed by atoms with Gasteiger partial charge in [-0.1, -0.05) is 17.8 Å². The van der Waals surface area contributed by atoms with Crippen LogP contribution in [-0.4, -0.2) is 46.6 Å². The molecule has 3 rings (SSSR count). The van der Waals surface area contributed by atoms with Crippen LogP contribution in [0.25, 0.3) is 0 Å². The van der Waals surface area contributed by atoms with E-state index in [0.29, 0.717) is 11.8 Å². The molecule has 1 amide bonds. The number of hydrogen-bond acceptors (Lipinski definition) is 5. The molecule has 0 unspecified atom stereocenters. The molecular weight excluding hydrogens is 248 g/mol. The lowest BCUT2D eigenvalue weighted by Crippen LogP contribution is -2.31. The number of rotatable bonds is 3. The molecule has 1 N–H and O–H groups in total. The predicted octanol–water partition coefficient (Wildman–Crippen LogP) is 0.782. The maximum Gasteiger partial charge on any atom is 0.267 e. The molecule has 5 nitrogen and oxygen atoms in total. The molecule has 2 aliphatic rings. The number of likely N-dealkylation sites (tertiary alicyclic amines) is 1. The van der Waals surface area contributed by atoms with Crippen LogP contribution < -0.4 is 5.32 Å². The van der Waals surface area contributed by atoms with Gasteiger partial charge in [-0.25, -0.2) is 0 Å². The maximum atomic E-state index is 12.5. The fraction of sp³-hybridized carbons (Fsp3) is 0.750. The molecule has 0 bridgehead atoms. The monoisotopic (exact) mass is 266 g/mol. The number of fused-ring (bicyclic) bond motifs is 1. The van der Waals surface area contributed by atoms with Crippen LogP contribution in [0.1, 0.15) is 28.7 Å². The summed E-state index contributed by atoms with van der Waals surface area (Å²) in [6, 6.07) is 0. The van der Waals surface area contributed by atoms with Gasteiger partial charge in [-0.2, -0.15) is 0 Å². The molecule has 2 atom stereocenters. The molecule has 1 aromatic heterocycles. The number of nitrogens with one attached hydrogen (secondary N) is 1. The molecule has 0 spiro atoms. The van der Waals surface area contributed by atoms with E-state index in [0.717, 1.165) is 49.6 Å². The third-order valence-electron chi connectivity index (χ3n) is 3.91. The normalized spacial score (nSPS) is 26.6. The zero-order valence-electron chi connectivity index (χ0n) is 10.6. The van der Waals surface area contributed by atoms with Crippen molar-refractivity contribution in [3.8, 4) is 0 Å². The molecule has 6 heteroatoms. The number of hydrogen-bond donors (Lipinski definition) is 1. The Bertz CT molecular complexity index is 435. The first kappa shape index (κ1) is 12.0. The molecule has 18 heavy (non-hydrogen) atoms. The molecular formula is C12H18N4OS. The average Bonchev–Trinajstić information content (AvgIpc) is 3.02. The Morgan fingerprint density at radius 3 is 2.83 bits per heavy atom. The third-order valence-corrected chi connectivity index (χ3v) is 4.67. The van der Waals surface area contributed by atoms with Crippen LogP contribution in [0.4, 0.5) is 0 Å². The standard InChI is InChI=1S/C12H18N4OS/c1-2-3-10-11(18-15-14-10)12(17)16-6-8-4-13-5-9(8)7-16/h8-9,13H,2-7H2,1H3/t8-,9+. The van der Waals surface area contributed by atoms with Crippen LogP contribution in [0.2, 0.25) is 0 Å². The molecule has 98 valence electrons. The van der Waals surface area contributed by atoms with Crippen LogP contribution in [0.15, 0.2) is 0 Å². The average molecular weight is 266 g/mol. The minimum Gasteiger partial charge on any atom is -0.337 e. The Labute approximate surface area is 111 Å². The lowest BCUT2D eigenvalue weighted by atomic mass is 10.0. The number of nitrogens with zero attached hydrogens (tertiary/aromatic N) is 3. The second-order valence-corrected chi connectivity index (χ2v) is 5.94. The Hall–Kier alpha value is -1.01. The lowest BCUT2D eigenvalue weighted by Gasteiger charge is -2.16. The van der Waals surface area contributed by atoms with Crippen LogP contribution in [0.5, 0.6) is 0 Å². The largest absolute Gasteiger partial charge is 0.337 e. The van der Waals surface area contributed by atoms with E-state index in [1.807, 2.05) is 4.90 Å². The molecule has 0 saturated carbocycles. The number of amides is 1. The summed E-state index contributed by atoms with van der Waals surface area (Å²) < 4.78 is 3.94. The van der Waals surface area contributed by atoms with Gasteiger partial charge in [-0.05, 0) is 29.8 Å². The van der Waals surface area contributed by atoms with Crippen molar-refractivity contribution in [2.75, 3.05) is 26.2 Å². The van der Waals surface area contributed by atoms with Gasteiger partial charge in [-0.15, -0.1) is 5.10 Å². The molecule has 0 radical (unpaired) electrons. The molecule has 3 heterocycles. The zero-order chi connectivity index (χ0) is 12.5. The van der Waals surface area contributed by atoms with Crippen molar-refractivity contribution in [2.45, 2.75) is 19.8 Å². The Kier molecular flexibility index (Phi) is 3.30. The minimum atomic E-state index is 0.142. The van der Waals surface area contributed by atoms with Crippen molar-refractivity contribution in [1.82, 2.24) is 19.8 Å². The smallest absolute Gasteiger partial charge is 0.267 e. The molecule has 2 saturated heterocycles. The summed E-state index contributed by atoms with van der Waals surface area (Å²) in [5.41, 5.74) is 0.877. The Balaban J connectivity index is 1.73. The summed E-state index contributed by atoms with van der Waals surface area (Å²) in [4.78, 5) is 15.2. The lowest BCUT2D eigenvalue weighted by molar-refractivity contribution is 0.0785. The van der Waals surface area contributed by atoms with E-state index in [4.69, 9.17) is 0 Å². The van der Waals surface area contributed by atoms with Gasteiger partial charge in [0.2, 0.25) is 0 Å². The first-order chi connectivity index (χ1) is 8.79. The van der Waals surface area contributed by atoms with Crippen LogP contribution in [0.3, 0.4) is 0 Å². The van der Waals surface area contributed by atoms with Crippen LogP contribution in [-0.2, 0) is 6.42 Å². The summed E-state index contributed by atoms with van der Waals surface area (Å²) in [7, 11) is 0. The summed E-state index contributed by atoms with van der Waals surface area (Å²) in [6.07, 6.45) is 1.85. The van der Waals surface area contributed by atoms with Crippen molar-refractivity contribution in [3.63, 3.8) is 0 Å². The van der Waals surface area contributed by atoms with Gasteiger partial charge < -0.3 is 10.2 Å². The van der Waals surface area contributed by atoms with Gasteiger partial charge in [0.25, 0.3) is 5.91 Å². The molecule has 2 fully saturated rings. The van der Waals surface area contributed by atoms with Crippen LogP contribution in [0, 0.1) is 11.8 Å². The van der Waals surface area contributed by atoms with Crippen molar-refractivity contribution < 1.29 is 4.79 Å². The Morgan fingerprint density at radius 1 is 1.44 bits per heavy atom. The first-order valence-electron chi connectivity index (χ1n) is 6.60. The molecule has 2 aliphatic heterocycles. The van der Waals surface area contributed by atoms with E-state index in [1.165, 1.54) is 11.5 Å². The van der Waals surface area contributed by atoms with E-state index in [-0.39, 0.29) is 5.91 Å². The fourth-order valence-corrected chi connectivity index (χ4v) is 3.61. The summed E-state index contributed by atoms with van der Waals surface area (Å²) >= 11 is 1.24. The quantitative estimate of drug-likeness (QED) is 0.878. The third kappa shape index (κ3) is 2.03. The molecule has 0 aromatic carbocycles. The predicted molar refractivity (Wildman–Crippen MR) is 69.7 cm³/mol. The van der Waals surface area contributed by atoms with Gasteiger partial charge in [-0.3, -0.25) is 4.79 Å². The van der Waals surface area contributed by atoms with Gasteiger partial charge in [0.05, 0.1) is 5.69 Å². The van der Waals surface area contributed by atoms with Crippen molar-refractivity contribution in [3.05, 3.63) is 10.6 Å². The second-order valence-electron chi connectivity index (χ2n) is 5.19. The number of aromatic nitrogens is 2. The van der Waals surface area contributed by atoms with Gasteiger partial charge in [0.15, 0.2) is 0 Å². The van der Waals surface area contributed by atoms with E-state index in [9.17, 15) is 4.79 Å². The van der Waals surface area contributed by atoms with Crippen molar-refractivity contribution in [2.24, 2.45) is 11.8 Å². The molecule has 1 aromatic rings. The van der Waals surface area contributed by atoms with Gasteiger partial charge >= 0.3 is 0 Å². The van der Waals surface area contributed by atoms with Gasteiger partial charge in [0, 0.05) is 26.2 Å². The van der Waals surface area contributed by atoms with Crippen molar-refractivity contribution in [1.29, 1.82) is 0 Å².